The summed E-state index contributed by atoms with van der Waals surface area (Å²) in [7, 11) is -0.0135. The average Bonchev–Trinajstić information content (AvgIpc) is 2.38. The van der Waals surface area contributed by atoms with Crippen molar-refractivity contribution in [2.75, 3.05) is 33.8 Å². The van der Waals surface area contributed by atoms with Gasteiger partial charge in [0.15, 0.2) is 0 Å². The van der Waals surface area contributed by atoms with Crippen molar-refractivity contribution in [1.29, 1.82) is 0 Å². The van der Waals surface area contributed by atoms with E-state index in [0.29, 0.717) is 12.3 Å². The highest BCUT2D eigenvalue weighted by Crippen LogP contribution is 2.29. The molecule has 1 fully saturated rings. The van der Waals surface area contributed by atoms with E-state index >= 15 is 0 Å². The SMILES string of the molecule is COc1ccc(C)cc1S(=O)(=O)N1CCN(C)CC1C. The summed E-state index contributed by atoms with van der Waals surface area (Å²) in [5, 5.41) is 0. The fourth-order valence-electron chi connectivity index (χ4n) is 2.59. The van der Waals surface area contributed by atoms with E-state index in [9.17, 15) is 8.42 Å². The molecule has 0 saturated carbocycles. The number of benzene rings is 1. The Labute approximate surface area is 121 Å². The predicted octanol–water partition coefficient (Wildman–Crippen LogP) is 1.33. The average molecular weight is 298 g/mol. The number of hydrogen-bond acceptors (Lipinski definition) is 4. The van der Waals surface area contributed by atoms with Crippen LogP contribution in [0.3, 0.4) is 0 Å². The third kappa shape index (κ3) is 2.82. The first-order valence-electron chi connectivity index (χ1n) is 6.71. The number of methoxy groups -OCH3 is 1. The summed E-state index contributed by atoms with van der Waals surface area (Å²) in [5.41, 5.74) is 0.908. The lowest BCUT2D eigenvalue weighted by Gasteiger charge is -2.37. The molecule has 1 heterocycles. The topological polar surface area (TPSA) is 49.9 Å². The van der Waals surface area contributed by atoms with Crippen molar-refractivity contribution in [1.82, 2.24) is 9.21 Å². The molecule has 0 radical (unpaired) electrons. The van der Waals surface area contributed by atoms with E-state index in [4.69, 9.17) is 4.74 Å². The summed E-state index contributed by atoms with van der Waals surface area (Å²) < 4.78 is 32.5. The Bertz CT molecular complexity index is 586. The van der Waals surface area contributed by atoms with Crippen LogP contribution in [0.1, 0.15) is 12.5 Å². The minimum atomic E-state index is -3.52. The smallest absolute Gasteiger partial charge is 0.247 e. The molecule has 6 heteroatoms. The van der Waals surface area contributed by atoms with Gasteiger partial charge >= 0.3 is 0 Å². The van der Waals surface area contributed by atoms with Crippen molar-refractivity contribution in [3.8, 4) is 5.75 Å². The van der Waals surface area contributed by atoms with Crippen LogP contribution >= 0.6 is 0 Å². The highest BCUT2D eigenvalue weighted by atomic mass is 32.2. The summed E-state index contributed by atoms with van der Waals surface area (Å²) in [4.78, 5) is 2.40. The van der Waals surface area contributed by atoms with Crippen molar-refractivity contribution in [2.24, 2.45) is 0 Å². The van der Waals surface area contributed by atoms with Crippen LogP contribution in [0, 0.1) is 6.92 Å². The van der Waals surface area contributed by atoms with E-state index in [-0.39, 0.29) is 10.9 Å². The van der Waals surface area contributed by atoms with Gasteiger partial charge in [0.1, 0.15) is 10.6 Å². The van der Waals surface area contributed by atoms with E-state index in [1.165, 1.54) is 7.11 Å². The van der Waals surface area contributed by atoms with E-state index in [1.54, 1.807) is 16.4 Å². The minimum absolute atomic E-state index is 0.0380. The van der Waals surface area contributed by atoms with Crippen LogP contribution in [0.4, 0.5) is 0 Å². The maximum Gasteiger partial charge on any atom is 0.247 e. The van der Waals surface area contributed by atoms with E-state index in [0.717, 1.165) is 18.7 Å². The summed E-state index contributed by atoms with van der Waals surface area (Å²) in [6.45, 7) is 5.82. The minimum Gasteiger partial charge on any atom is -0.495 e. The normalized spacial score (nSPS) is 21.9. The summed E-state index contributed by atoms with van der Waals surface area (Å²) in [6, 6.07) is 5.21. The number of rotatable bonds is 3. The summed E-state index contributed by atoms with van der Waals surface area (Å²) in [6.07, 6.45) is 0. The number of piperazine rings is 1. The van der Waals surface area contributed by atoms with Crippen LogP contribution in [-0.2, 0) is 10.0 Å². The van der Waals surface area contributed by atoms with Crippen LogP contribution < -0.4 is 4.74 Å². The van der Waals surface area contributed by atoms with Crippen molar-refractivity contribution >= 4 is 10.0 Å². The molecule has 112 valence electrons. The Morgan fingerprint density at radius 2 is 2.00 bits per heavy atom. The molecule has 0 N–H and O–H groups in total. The molecule has 2 rings (SSSR count). The van der Waals surface area contributed by atoms with Gasteiger partial charge in [-0.2, -0.15) is 4.31 Å². The molecule has 1 aliphatic rings. The maximum atomic E-state index is 12.9. The van der Waals surface area contributed by atoms with Crippen molar-refractivity contribution in [3.63, 3.8) is 0 Å². The Hall–Kier alpha value is -1.11. The number of nitrogens with zero attached hydrogens (tertiary/aromatic N) is 2. The largest absolute Gasteiger partial charge is 0.495 e. The quantitative estimate of drug-likeness (QED) is 0.845. The summed E-state index contributed by atoms with van der Waals surface area (Å²) >= 11 is 0. The molecule has 1 aromatic rings. The van der Waals surface area contributed by atoms with Crippen LogP contribution in [0.25, 0.3) is 0 Å². The Morgan fingerprint density at radius 3 is 2.60 bits per heavy atom. The van der Waals surface area contributed by atoms with Crippen LogP contribution in [-0.4, -0.2) is 57.5 Å². The van der Waals surface area contributed by atoms with E-state index in [1.807, 2.05) is 27.0 Å². The first kappa shape index (κ1) is 15.3. The van der Waals surface area contributed by atoms with Gasteiger partial charge in [-0.05, 0) is 38.6 Å². The van der Waals surface area contributed by atoms with Crippen molar-refractivity contribution in [2.45, 2.75) is 24.8 Å². The van der Waals surface area contributed by atoms with Crippen molar-refractivity contribution < 1.29 is 13.2 Å². The van der Waals surface area contributed by atoms with Gasteiger partial charge in [-0.15, -0.1) is 0 Å². The molecule has 1 atom stereocenters. The number of aryl methyl sites for hydroxylation is 1. The molecular weight excluding hydrogens is 276 g/mol. The second-order valence-corrected chi connectivity index (χ2v) is 7.24. The van der Waals surface area contributed by atoms with E-state index in [2.05, 4.69) is 4.90 Å². The zero-order chi connectivity index (χ0) is 14.9. The first-order valence-corrected chi connectivity index (χ1v) is 8.15. The standard InChI is InChI=1S/C14H22N2O3S/c1-11-5-6-13(19-4)14(9-11)20(17,18)16-8-7-15(3)10-12(16)2/h5-6,9,12H,7-8,10H2,1-4H3. The van der Waals surface area contributed by atoms with Crippen LogP contribution in [0.15, 0.2) is 23.1 Å². The zero-order valence-corrected chi connectivity index (χ0v) is 13.3. The lowest BCUT2D eigenvalue weighted by molar-refractivity contribution is 0.170. The lowest BCUT2D eigenvalue weighted by atomic mass is 10.2. The fraction of sp³-hybridized carbons (Fsp3) is 0.571. The molecule has 1 aromatic carbocycles. The van der Waals surface area contributed by atoms with Gasteiger partial charge in [0.05, 0.1) is 7.11 Å². The lowest BCUT2D eigenvalue weighted by Crippen LogP contribution is -2.52. The second kappa shape index (κ2) is 5.71. The molecule has 1 aliphatic heterocycles. The summed E-state index contributed by atoms with van der Waals surface area (Å²) in [5.74, 6) is 0.404. The van der Waals surface area contributed by atoms with Gasteiger partial charge in [0, 0.05) is 25.7 Å². The fourth-order valence-corrected chi connectivity index (χ4v) is 4.45. The maximum absolute atomic E-state index is 12.9. The van der Waals surface area contributed by atoms with Gasteiger partial charge < -0.3 is 9.64 Å². The molecule has 20 heavy (non-hydrogen) atoms. The van der Waals surface area contributed by atoms with Gasteiger partial charge in [-0.25, -0.2) is 8.42 Å². The van der Waals surface area contributed by atoms with Crippen molar-refractivity contribution in [3.05, 3.63) is 23.8 Å². The molecule has 5 nitrogen and oxygen atoms in total. The highest BCUT2D eigenvalue weighted by molar-refractivity contribution is 7.89. The zero-order valence-electron chi connectivity index (χ0n) is 12.5. The van der Waals surface area contributed by atoms with Gasteiger partial charge in [-0.1, -0.05) is 6.07 Å². The molecule has 0 aromatic heterocycles. The van der Waals surface area contributed by atoms with E-state index < -0.39 is 10.0 Å². The molecule has 0 spiro atoms. The third-order valence-corrected chi connectivity index (χ3v) is 5.71. The van der Waals surface area contributed by atoms with Crippen LogP contribution in [0.5, 0.6) is 5.75 Å². The number of hydrogen-bond donors (Lipinski definition) is 0. The van der Waals surface area contributed by atoms with Gasteiger partial charge in [0.2, 0.25) is 10.0 Å². The Balaban J connectivity index is 2.42. The number of ether oxygens (including phenoxy) is 1. The Morgan fingerprint density at radius 1 is 1.30 bits per heavy atom. The van der Waals surface area contributed by atoms with Gasteiger partial charge in [0.25, 0.3) is 0 Å². The molecule has 1 saturated heterocycles. The van der Waals surface area contributed by atoms with Gasteiger partial charge in [-0.3, -0.25) is 0 Å². The highest BCUT2D eigenvalue weighted by Gasteiger charge is 2.34. The molecule has 0 bridgehead atoms. The second-order valence-electron chi connectivity index (χ2n) is 5.38. The molecular formula is C14H22N2O3S. The Kier molecular flexibility index (Phi) is 4.36. The number of likely N-dealkylation sites (N-methyl/N-ethyl adjacent to an activating group) is 1. The third-order valence-electron chi connectivity index (χ3n) is 3.68. The molecule has 0 amide bonds. The first-order chi connectivity index (χ1) is 9.36. The number of sulfonamides is 1. The predicted molar refractivity (Wildman–Crippen MR) is 78.6 cm³/mol. The molecule has 0 aliphatic carbocycles. The monoisotopic (exact) mass is 298 g/mol. The van der Waals surface area contributed by atoms with Crippen LogP contribution in [0.2, 0.25) is 0 Å². The molecule has 1 unspecified atom stereocenters.